The van der Waals surface area contributed by atoms with Crippen molar-refractivity contribution in [3.05, 3.63) is 0 Å². The van der Waals surface area contributed by atoms with Gasteiger partial charge in [0.15, 0.2) is 0 Å². The van der Waals surface area contributed by atoms with Gasteiger partial charge in [-0.3, -0.25) is 0 Å². The molecule has 0 radical (unpaired) electrons. The molecule has 9 atom stereocenters. The van der Waals surface area contributed by atoms with Crippen LogP contribution < -0.4 is 0 Å². The van der Waals surface area contributed by atoms with Crippen LogP contribution in [-0.2, 0) is 0 Å². The standard InChI is InChI=1S/C21H34Br2/c1-4-13-9-11-16-15-10-8-14-7-5-6-12-20(14,2)17(15)18(22)19(23)21(13,16)3/h13-19H,4-12H2,1-3H3/t13-,14+,15+,16-,17+,18+,19+,20+,21-/m1/s1. The Kier molecular flexibility index (Phi) is 4.53. The van der Waals surface area contributed by atoms with Crippen molar-refractivity contribution in [2.24, 2.45) is 40.4 Å². The summed E-state index contributed by atoms with van der Waals surface area (Å²) in [5.74, 6) is 4.78. The highest BCUT2D eigenvalue weighted by Gasteiger charge is 2.65. The van der Waals surface area contributed by atoms with Gasteiger partial charge >= 0.3 is 0 Å². The Balaban J connectivity index is 1.73. The van der Waals surface area contributed by atoms with E-state index >= 15 is 0 Å². The highest BCUT2D eigenvalue weighted by Crippen LogP contribution is 2.70. The van der Waals surface area contributed by atoms with Gasteiger partial charge in [-0.2, -0.15) is 0 Å². The largest absolute Gasteiger partial charge is 0.0875 e. The van der Waals surface area contributed by atoms with Crippen molar-refractivity contribution in [1.82, 2.24) is 0 Å². The fourth-order valence-corrected chi connectivity index (χ4v) is 10.6. The first-order valence-electron chi connectivity index (χ1n) is 10.2. The molecule has 4 saturated carbocycles. The maximum absolute atomic E-state index is 4.27. The highest BCUT2D eigenvalue weighted by molar-refractivity contribution is 9.12. The van der Waals surface area contributed by atoms with Gasteiger partial charge in [0.2, 0.25) is 0 Å². The van der Waals surface area contributed by atoms with Crippen LogP contribution in [0.3, 0.4) is 0 Å². The summed E-state index contributed by atoms with van der Waals surface area (Å²) in [6.07, 6.45) is 13.3. The van der Waals surface area contributed by atoms with Gasteiger partial charge in [0.05, 0.1) is 0 Å². The molecule has 0 spiro atoms. The molecule has 0 nitrogen and oxygen atoms in total. The van der Waals surface area contributed by atoms with E-state index in [1.54, 1.807) is 0 Å². The molecule has 4 fully saturated rings. The molecule has 0 aliphatic heterocycles. The van der Waals surface area contributed by atoms with Crippen molar-refractivity contribution in [2.45, 2.75) is 88.2 Å². The van der Waals surface area contributed by atoms with Crippen molar-refractivity contribution < 1.29 is 0 Å². The van der Waals surface area contributed by atoms with E-state index in [2.05, 4.69) is 52.6 Å². The number of rotatable bonds is 1. The Morgan fingerprint density at radius 2 is 1.74 bits per heavy atom. The highest BCUT2D eigenvalue weighted by atomic mass is 79.9. The van der Waals surface area contributed by atoms with Gasteiger partial charge in [-0.15, -0.1) is 0 Å². The van der Waals surface area contributed by atoms with E-state index in [9.17, 15) is 0 Å². The monoisotopic (exact) mass is 444 g/mol. The van der Waals surface area contributed by atoms with Crippen LogP contribution >= 0.6 is 31.9 Å². The lowest BCUT2D eigenvalue weighted by Crippen LogP contribution is -2.61. The third-order valence-electron chi connectivity index (χ3n) is 9.25. The van der Waals surface area contributed by atoms with E-state index in [4.69, 9.17) is 0 Å². The zero-order chi connectivity index (χ0) is 16.4. The molecule has 0 N–H and O–H groups in total. The smallest absolute Gasteiger partial charge is 0.0333 e. The molecule has 4 aliphatic carbocycles. The molecule has 0 aromatic rings. The van der Waals surface area contributed by atoms with E-state index in [1.165, 1.54) is 57.8 Å². The summed E-state index contributed by atoms with van der Waals surface area (Å²) in [6.45, 7) is 7.74. The molecule has 0 unspecified atom stereocenters. The van der Waals surface area contributed by atoms with E-state index in [1.807, 2.05) is 0 Å². The van der Waals surface area contributed by atoms with Gasteiger partial charge in [0.1, 0.15) is 0 Å². The summed E-state index contributed by atoms with van der Waals surface area (Å²) in [4.78, 5) is 1.33. The molecular weight excluding hydrogens is 412 g/mol. The minimum atomic E-state index is 0.516. The van der Waals surface area contributed by atoms with Crippen LogP contribution in [0.15, 0.2) is 0 Å². The van der Waals surface area contributed by atoms with E-state index in [0.717, 1.165) is 29.6 Å². The minimum Gasteiger partial charge on any atom is -0.0875 e. The zero-order valence-corrected chi connectivity index (χ0v) is 18.3. The van der Waals surface area contributed by atoms with Gasteiger partial charge < -0.3 is 0 Å². The zero-order valence-electron chi connectivity index (χ0n) is 15.2. The second kappa shape index (κ2) is 6.00. The quantitative estimate of drug-likeness (QED) is 0.374. The molecule has 0 amide bonds. The molecule has 4 aliphatic rings. The van der Waals surface area contributed by atoms with Gasteiger partial charge in [-0.1, -0.05) is 71.9 Å². The molecule has 4 rings (SSSR count). The summed E-state index contributed by atoms with van der Waals surface area (Å²) >= 11 is 8.53. The minimum absolute atomic E-state index is 0.516. The third-order valence-corrected chi connectivity index (χ3v) is 12.6. The number of halogens is 2. The van der Waals surface area contributed by atoms with Crippen LogP contribution in [0.5, 0.6) is 0 Å². The number of alkyl halides is 2. The van der Waals surface area contributed by atoms with Crippen LogP contribution in [0.2, 0.25) is 0 Å². The van der Waals surface area contributed by atoms with E-state index in [0.29, 0.717) is 20.5 Å². The average molecular weight is 446 g/mol. The predicted octanol–water partition coefficient (Wildman–Crippen LogP) is 7.19. The molecule has 23 heavy (non-hydrogen) atoms. The maximum atomic E-state index is 4.27. The van der Waals surface area contributed by atoms with E-state index in [-0.39, 0.29) is 0 Å². The Bertz CT molecular complexity index is 463. The van der Waals surface area contributed by atoms with Crippen LogP contribution in [0.1, 0.15) is 78.6 Å². The summed E-state index contributed by atoms with van der Waals surface area (Å²) in [5, 5.41) is 0. The topological polar surface area (TPSA) is 0 Å². The van der Waals surface area contributed by atoms with Crippen LogP contribution in [0.25, 0.3) is 0 Å². The summed E-state index contributed by atoms with van der Waals surface area (Å²) in [6, 6.07) is 0. The van der Waals surface area contributed by atoms with E-state index < -0.39 is 0 Å². The fourth-order valence-electron chi connectivity index (χ4n) is 8.04. The predicted molar refractivity (Wildman–Crippen MR) is 106 cm³/mol. The first kappa shape index (κ1) is 17.4. The number of hydrogen-bond donors (Lipinski definition) is 0. The lowest BCUT2D eigenvalue weighted by molar-refractivity contribution is -0.101. The van der Waals surface area contributed by atoms with Crippen molar-refractivity contribution >= 4 is 31.9 Å². The Morgan fingerprint density at radius 1 is 0.957 bits per heavy atom. The number of fused-ring (bicyclic) bond motifs is 5. The van der Waals surface area contributed by atoms with Gasteiger partial charge in [-0.25, -0.2) is 0 Å². The lowest BCUT2D eigenvalue weighted by atomic mass is 9.44. The summed E-state index contributed by atoms with van der Waals surface area (Å²) < 4.78 is 0. The van der Waals surface area contributed by atoms with Gasteiger partial charge in [-0.05, 0) is 78.9 Å². The van der Waals surface area contributed by atoms with Gasteiger partial charge in [0.25, 0.3) is 0 Å². The second-order valence-electron chi connectivity index (χ2n) is 9.72. The number of hydrogen-bond acceptors (Lipinski definition) is 0. The second-order valence-corrected chi connectivity index (χ2v) is 11.8. The third kappa shape index (κ3) is 2.25. The fraction of sp³-hybridized carbons (Fsp3) is 1.00. The lowest BCUT2D eigenvalue weighted by Gasteiger charge is -2.63. The summed E-state index contributed by atoms with van der Waals surface area (Å²) in [7, 11) is 0. The Labute approximate surface area is 160 Å². The molecule has 0 saturated heterocycles. The maximum Gasteiger partial charge on any atom is 0.0333 e. The Hall–Kier alpha value is 0.960. The molecule has 2 heteroatoms. The molecule has 0 aromatic heterocycles. The SMILES string of the molecule is CC[C@@H]1CC[C@@H]2[C@@H]3CC[C@@H]4CCCC[C@]4(C)[C@@H]3[C@H](Br)[C@H](Br)[C@]12C. The molecule has 132 valence electrons. The van der Waals surface area contributed by atoms with Crippen LogP contribution in [0.4, 0.5) is 0 Å². The Morgan fingerprint density at radius 3 is 2.48 bits per heavy atom. The molecule has 0 aromatic carbocycles. The molecule has 0 heterocycles. The van der Waals surface area contributed by atoms with Crippen LogP contribution in [-0.4, -0.2) is 9.65 Å². The van der Waals surface area contributed by atoms with Crippen molar-refractivity contribution in [2.75, 3.05) is 0 Å². The van der Waals surface area contributed by atoms with Crippen molar-refractivity contribution in [1.29, 1.82) is 0 Å². The molecule has 0 bridgehead atoms. The first-order valence-corrected chi connectivity index (χ1v) is 12.1. The van der Waals surface area contributed by atoms with Crippen molar-refractivity contribution in [3.8, 4) is 0 Å². The van der Waals surface area contributed by atoms with Gasteiger partial charge in [0, 0.05) is 9.65 Å². The first-order chi connectivity index (χ1) is 10.9. The average Bonchev–Trinajstić information content (AvgIpc) is 2.89. The summed E-state index contributed by atoms with van der Waals surface area (Å²) in [5.41, 5.74) is 1.12. The van der Waals surface area contributed by atoms with Crippen LogP contribution in [0, 0.1) is 40.4 Å². The normalized spacial score (nSPS) is 59.1. The van der Waals surface area contributed by atoms with Crippen molar-refractivity contribution in [3.63, 3.8) is 0 Å². The molecular formula is C21H34Br2.